The number of halogens is 1. The number of thiazole rings is 1. The van der Waals surface area contributed by atoms with Crippen molar-refractivity contribution in [2.45, 2.75) is 13.0 Å². The van der Waals surface area contributed by atoms with E-state index in [9.17, 15) is 4.79 Å². The second-order valence-corrected chi connectivity index (χ2v) is 6.65. The molecule has 1 unspecified atom stereocenters. The predicted molar refractivity (Wildman–Crippen MR) is 88.7 cm³/mol. The predicted octanol–water partition coefficient (Wildman–Crippen LogP) is 2.53. The van der Waals surface area contributed by atoms with E-state index in [1.165, 1.54) is 16.2 Å². The number of carbonyl (C=O) groups is 1. The first kappa shape index (κ1) is 16.4. The molecule has 1 aliphatic rings. The van der Waals surface area contributed by atoms with Gasteiger partial charge in [-0.25, -0.2) is 4.98 Å². The van der Waals surface area contributed by atoms with Crippen LogP contribution < -0.4 is 10.6 Å². The van der Waals surface area contributed by atoms with Crippen LogP contribution in [0.15, 0.2) is 17.5 Å². The number of amides is 1. The maximum atomic E-state index is 12.0. The number of hydrogen-bond acceptors (Lipinski definition) is 6. The van der Waals surface area contributed by atoms with Crippen LogP contribution in [-0.2, 0) is 9.53 Å². The van der Waals surface area contributed by atoms with Gasteiger partial charge in [-0.3, -0.25) is 10.1 Å². The molecule has 3 heterocycles. The summed E-state index contributed by atoms with van der Waals surface area (Å²) in [6, 6.07) is 4.12. The molecule has 8 heteroatoms. The Bertz CT molecular complexity index is 608. The molecule has 114 valence electrons. The van der Waals surface area contributed by atoms with Gasteiger partial charge in [0.15, 0.2) is 5.13 Å². The van der Waals surface area contributed by atoms with Gasteiger partial charge < -0.3 is 10.1 Å². The zero-order chi connectivity index (χ0) is 13.9. The minimum Gasteiger partial charge on any atom is -0.366 e. The van der Waals surface area contributed by atoms with E-state index in [0.29, 0.717) is 18.3 Å². The highest BCUT2D eigenvalue weighted by Crippen LogP contribution is 2.30. The summed E-state index contributed by atoms with van der Waals surface area (Å²) >= 11 is 3.13. The molecule has 3 rings (SSSR count). The van der Waals surface area contributed by atoms with Crippen molar-refractivity contribution >= 4 is 46.1 Å². The number of nitrogens with zero attached hydrogens (tertiary/aromatic N) is 1. The first-order valence-electron chi connectivity index (χ1n) is 6.38. The summed E-state index contributed by atoms with van der Waals surface area (Å²) in [5.74, 6) is -0.138. The summed E-state index contributed by atoms with van der Waals surface area (Å²) in [6.45, 7) is 3.98. The molecule has 2 aromatic rings. The fraction of sp³-hybridized carbons (Fsp3) is 0.385. The Morgan fingerprint density at radius 2 is 2.38 bits per heavy atom. The van der Waals surface area contributed by atoms with Crippen LogP contribution in [0, 0.1) is 6.92 Å². The van der Waals surface area contributed by atoms with Gasteiger partial charge in [0, 0.05) is 23.3 Å². The molecule has 1 atom stereocenters. The first-order chi connectivity index (χ1) is 9.72. The normalized spacial score (nSPS) is 18.0. The van der Waals surface area contributed by atoms with E-state index >= 15 is 0 Å². The standard InChI is InChI=1S/C13H15N3O2S2.ClH/c1-8-2-3-11(20-8)9-7-19-13(15-9)16-12(17)10-6-14-4-5-18-10;/h2-3,7,10,14H,4-6H2,1H3,(H,15,16,17);1H. The molecular formula is C13H16ClN3O2S2. The fourth-order valence-electron chi connectivity index (χ4n) is 1.94. The molecule has 1 amide bonds. The zero-order valence-electron chi connectivity index (χ0n) is 11.4. The highest BCUT2D eigenvalue weighted by Gasteiger charge is 2.22. The molecule has 2 aromatic heterocycles. The number of hydrogen-bond donors (Lipinski definition) is 2. The number of ether oxygens (including phenoxy) is 1. The molecule has 0 spiro atoms. The second-order valence-electron chi connectivity index (χ2n) is 4.50. The summed E-state index contributed by atoms with van der Waals surface area (Å²) in [4.78, 5) is 18.8. The van der Waals surface area contributed by atoms with E-state index in [1.807, 2.05) is 5.38 Å². The van der Waals surface area contributed by atoms with Crippen LogP contribution >= 0.6 is 35.1 Å². The number of rotatable bonds is 3. The van der Waals surface area contributed by atoms with Crippen LogP contribution in [0.2, 0.25) is 0 Å². The van der Waals surface area contributed by atoms with Gasteiger partial charge in [-0.1, -0.05) is 0 Å². The van der Waals surface area contributed by atoms with E-state index < -0.39 is 6.10 Å². The molecule has 0 saturated carbocycles. The van der Waals surface area contributed by atoms with E-state index in [1.54, 1.807) is 11.3 Å². The van der Waals surface area contributed by atoms with Crippen molar-refractivity contribution in [2.75, 3.05) is 25.0 Å². The van der Waals surface area contributed by atoms with E-state index in [-0.39, 0.29) is 18.3 Å². The number of aryl methyl sites for hydroxylation is 1. The second kappa shape index (κ2) is 7.33. The molecular weight excluding hydrogens is 330 g/mol. The maximum absolute atomic E-state index is 12.0. The van der Waals surface area contributed by atoms with Gasteiger partial charge in [0.05, 0.1) is 17.2 Å². The van der Waals surface area contributed by atoms with Gasteiger partial charge in [-0.15, -0.1) is 35.1 Å². The number of thiophene rings is 1. The Kier molecular flexibility index (Phi) is 5.72. The summed E-state index contributed by atoms with van der Waals surface area (Å²) in [5.41, 5.74) is 0.908. The molecule has 1 saturated heterocycles. The Morgan fingerprint density at radius 1 is 1.52 bits per heavy atom. The lowest BCUT2D eigenvalue weighted by Gasteiger charge is -2.22. The largest absolute Gasteiger partial charge is 0.366 e. The quantitative estimate of drug-likeness (QED) is 0.897. The molecule has 0 radical (unpaired) electrons. The van der Waals surface area contributed by atoms with Crippen LogP contribution in [-0.4, -0.2) is 36.7 Å². The average molecular weight is 346 g/mol. The SMILES string of the molecule is Cc1ccc(-c2csc(NC(=O)C3CNCCO3)n2)s1.Cl. The first-order valence-corrected chi connectivity index (χ1v) is 8.07. The molecule has 2 N–H and O–H groups in total. The van der Waals surface area contributed by atoms with Crippen molar-refractivity contribution in [3.8, 4) is 10.6 Å². The van der Waals surface area contributed by atoms with Crippen LogP contribution in [0.5, 0.6) is 0 Å². The number of carbonyl (C=O) groups excluding carboxylic acids is 1. The Labute approximate surface area is 137 Å². The lowest BCUT2D eigenvalue weighted by Crippen LogP contribution is -2.45. The summed E-state index contributed by atoms with van der Waals surface area (Å²) < 4.78 is 5.41. The van der Waals surface area contributed by atoms with Gasteiger partial charge >= 0.3 is 0 Å². The van der Waals surface area contributed by atoms with Gasteiger partial charge in [-0.2, -0.15) is 0 Å². The highest BCUT2D eigenvalue weighted by atomic mass is 35.5. The lowest BCUT2D eigenvalue weighted by atomic mass is 10.3. The third-order valence-electron chi connectivity index (χ3n) is 2.95. The Balaban J connectivity index is 0.00000161. The topological polar surface area (TPSA) is 63.2 Å². The van der Waals surface area contributed by atoms with E-state index in [2.05, 4.69) is 34.7 Å². The molecule has 1 fully saturated rings. The van der Waals surface area contributed by atoms with Crippen molar-refractivity contribution in [1.82, 2.24) is 10.3 Å². The van der Waals surface area contributed by atoms with Crippen molar-refractivity contribution in [3.05, 3.63) is 22.4 Å². The van der Waals surface area contributed by atoms with Crippen LogP contribution in [0.3, 0.4) is 0 Å². The smallest absolute Gasteiger partial charge is 0.256 e. The van der Waals surface area contributed by atoms with Crippen LogP contribution in [0.25, 0.3) is 10.6 Å². The highest BCUT2D eigenvalue weighted by molar-refractivity contribution is 7.17. The summed E-state index contributed by atoms with van der Waals surface area (Å²) in [5, 5.41) is 8.53. The molecule has 1 aliphatic heterocycles. The van der Waals surface area contributed by atoms with Crippen molar-refractivity contribution in [2.24, 2.45) is 0 Å². The third-order valence-corrected chi connectivity index (χ3v) is 4.73. The molecule has 0 bridgehead atoms. The van der Waals surface area contributed by atoms with Gasteiger partial charge in [0.1, 0.15) is 6.10 Å². The number of aromatic nitrogens is 1. The summed E-state index contributed by atoms with van der Waals surface area (Å²) in [6.07, 6.45) is -0.430. The van der Waals surface area contributed by atoms with E-state index in [0.717, 1.165) is 17.1 Å². The van der Waals surface area contributed by atoms with Gasteiger partial charge in [0.25, 0.3) is 5.91 Å². The number of nitrogens with one attached hydrogen (secondary N) is 2. The van der Waals surface area contributed by atoms with Gasteiger partial charge in [0.2, 0.25) is 0 Å². The minimum atomic E-state index is -0.430. The van der Waals surface area contributed by atoms with Crippen LogP contribution in [0.4, 0.5) is 5.13 Å². The molecule has 0 aliphatic carbocycles. The molecule has 21 heavy (non-hydrogen) atoms. The van der Waals surface area contributed by atoms with Crippen molar-refractivity contribution in [1.29, 1.82) is 0 Å². The van der Waals surface area contributed by atoms with Crippen molar-refractivity contribution < 1.29 is 9.53 Å². The molecule has 5 nitrogen and oxygen atoms in total. The lowest BCUT2D eigenvalue weighted by molar-refractivity contribution is -0.128. The summed E-state index contributed by atoms with van der Waals surface area (Å²) in [7, 11) is 0. The third kappa shape index (κ3) is 4.02. The van der Waals surface area contributed by atoms with Crippen LogP contribution in [0.1, 0.15) is 4.88 Å². The van der Waals surface area contributed by atoms with Crippen molar-refractivity contribution in [3.63, 3.8) is 0 Å². The minimum absolute atomic E-state index is 0. The van der Waals surface area contributed by atoms with Gasteiger partial charge in [-0.05, 0) is 19.1 Å². The zero-order valence-corrected chi connectivity index (χ0v) is 13.9. The van der Waals surface area contributed by atoms with E-state index in [4.69, 9.17) is 4.74 Å². The Hall–Kier alpha value is -0.990. The fourth-order valence-corrected chi connectivity index (χ4v) is 3.55. The number of anilines is 1. The Morgan fingerprint density at radius 3 is 3.05 bits per heavy atom. The maximum Gasteiger partial charge on any atom is 0.256 e. The monoisotopic (exact) mass is 345 g/mol. The average Bonchev–Trinajstić information content (AvgIpc) is 3.09. The molecule has 0 aromatic carbocycles. The number of morpholine rings is 1.